The lowest BCUT2D eigenvalue weighted by molar-refractivity contribution is -0.127. The highest BCUT2D eigenvalue weighted by molar-refractivity contribution is 6.30. The van der Waals surface area contributed by atoms with Gasteiger partial charge in [0.15, 0.2) is 6.61 Å². The van der Waals surface area contributed by atoms with Crippen LogP contribution in [0.15, 0.2) is 42.5 Å². The molecule has 2 N–H and O–H groups in total. The van der Waals surface area contributed by atoms with E-state index in [4.69, 9.17) is 21.1 Å². The molecule has 3 fully saturated rings. The Labute approximate surface area is 191 Å². The summed E-state index contributed by atoms with van der Waals surface area (Å²) >= 11 is 5.64. The lowest BCUT2D eigenvalue weighted by Crippen LogP contribution is -2.53. The van der Waals surface area contributed by atoms with E-state index in [2.05, 4.69) is 10.6 Å². The molecule has 0 aromatic heterocycles. The third-order valence-electron chi connectivity index (χ3n) is 6.08. The van der Waals surface area contributed by atoms with E-state index < -0.39 is 5.82 Å². The molecular formula is C24H26ClFN2O4. The summed E-state index contributed by atoms with van der Waals surface area (Å²) in [4.78, 5) is 24.6. The maximum atomic E-state index is 13.5. The van der Waals surface area contributed by atoms with Gasteiger partial charge in [-0.05, 0) is 49.8 Å². The molecule has 5 rings (SSSR count). The van der Waals surface area contributed by atoms with Gasteiger partial charge in [0, 0.05) is 17.6 Å². The Balaban J connectivity index is 1.17. The lowest BCUT2D eigenvalue weighted by atomic mass is 9.76. The number of nitrogens with one attached hydrogen (secondary N) is 2. The highest BCUT2D eigenvalue weighted by Crippen LogP contribution is 2.51. The molecule has 1 atom stereocenters. The van der Waals surface area contributed by atoms with Crippen molar-refractivity contribution in [1.82, 2.24) is 10.6 Å². The van der Waals surface area contributed by atoms with Gasteiger partial charge in [0.25, 0.3) is 5.91 Å². The van der Waals surface area contributed by atoms with E-state index in [9.17, 15) is 14.0 Å². The predicted molar refractivity (Wildman–Crippen MR) is 118 cm³/mol. The number of carbonyl (C=O) groups is 2. The molecule has 2 aromatic rings. The van der Waals surface area contributed by atoms with Gasteiger partial charge in [0.2, 0.25) is 5.91 Å². The zero-order chi connectivity index (χ0) is 22.7. The molecule has 8 heteroatoms. The van der Waals surface area contributed by atoms with Crippen LogP contribution in [0, 0.1) is 18.7 Å². The van der Waals surface area contributed by atoms with E-state index in [-0.39, 0.29) is 47.4 Å². The number of fused-ring (bicyclic) bond motifs is 1. The van der Waals surface area contributed by atoms with Crippen LogP contribution in [-0.4, -0.2) is 36.6 Å². The lowest BCUT2D eigenvalue weighted by Gasteiger charge is -2.39. The zero-order valence-electron chi connectivity index (χ0n) is 17.8. The number of hydrogen-bond donors (Lipinski definition) is 2. The van der Waals surface area contributed by atoms with E-state index >= 15 is 0 Å². The molecule has 2 aromatic carbocycles. The minimum absolute atomic E-state index is 0.000748. The van der Waals surface area contributed by atoms with Gasteiger partial charge in [-0.3, -0.25) is 9.59 Å². The van der Waals surface area contributed by atoms with Crippen LogP contribution < -0.4 is 15.4 Å². The molecule has 0 spiro atoms. The first-order valence-corrected chi connectivity index (χ1v) is 11.0. The molecule has 32 heavy (non-hydrogen) atoms. The Kier molecular flexibility index (Phi) is 6.67. The van der Waals surface area contributed by atoms with E-state index in [1.807, 2.05) is 31.2 Å². The number of benzene rings is 2. The van der Waals surface area contributed by atoms with E-state index in [0.29, 0.717) is 18.9 Å². The van der Waals surface area contributed by atoms with Crippen molar-refractivity contribution in [2.24, 2.45) is 5.92 Å². The summed E-state index contributed by atoms with van der Waals surface area (Å²) in [5.41, 5.74) is 1.88. The minimum Gasteiger partial charge on any atom is -0.484 e. The summed E-state index contributed by atoms with van der Waals surface area (Å²) in [6.07, 6.45) is 2.33. The standard InChI is InChI=1S/C24H26ClFN2O4/c1-15-3-2-4-16(7-15)12-31-13-22(29)27-21-11-24(9-17(21)10-24)28-23(30)14-32-18-5-6-19(25)20(26)8-18/h2-8,17,21H,9-14H2,1H3,(H,27,29)(H,28,30). The number of halogens is 2. The first-order valence-electron chi connectivity index (χ1n) is 10.6. The number of aryl methyl sites for hydroxylation is 1. The fourth-order valence-corrected chi connectivity index (χ4v) is 4.78. The summed E-state index contributed by atoms with van der Waals surface area (Å²) in [6.45, 7) is 2.20. The predicted octanol–water partition coefficient (Wildman–Crippen LogP) is 3.54. The number of hydrogen-bond acceptors (Lipinski definition) is 4. The quantitative estimate of drug-likeness (QED) is 0.600. The third kappa shape index (κ3) is 5.40. The molecule has 6 nitrogen and oxygen atoms in total. The summed E-state index contributed by atoms with van der Waals surface area (Å²) in [6, 6.07) is 12.0. The number of ether oxygens (including phenoxy) is 2. The Morgan fingerprint density at radius 1 is 1.12 bits per heavy atom. The van der Waals surface area contributed by atoms with Crippen molar-refractivity contribution in [3.05, 3.63) is 64.4 Å². The van der Waals surface area contributed by atoms with Crippen molar-refractivity contribution in [3.63, 3.8) is 0 Å². The largest absolute Gasteiger partial charge is 0.484 e. The van der Waals surface area contributed by atoms with Crippen molar-refractivity contribution in [2.75, 3.05) is 13.2 Å². The van der Waals surface area contributed by atoms with Crippen molar-refractivity contribution in [3.8, 4) is 5.75 Å². The third-order valence-corrected chi connectivity index (χ3v) is 6.39. The summed E-state index contributed by atoms with van der Waals surface area (Å²) in [5.74, 6) is -0.421. The summed E-state index contributed by atoms with van der Waals surface area (Å²) in [5, 5.41) is 6.06. The molecule has 0 aliphatic heterocycles. The van der Waals surface area contributed by atoms with Crippen molar-refractivity contribution in [2.45, 2.75) is 44.4 Å². The van der Waals surface area contributed by atoms with Gasteiger partial charge in [-0.1, -0.05) is 41.4 Å². The summed E-state index contributed by atoms with van der Waals surface area (Å²) in [7, 11) is 0. The molecule has 2 amide bonds. The Morgan fingerprint density at radius 2 is 1.94 bits per heavy atom. The van der Waals surface area contributed by atoms with Gasteiger partial charge >= 0.3 is 0 Å². The Bertz CT molecular complexity index is 1010. The second-order valence-corrected chi connectivity index (χ2v) is 9.13. The molecule has 1 unspecified atom stereocenters. The van der Waals surface area contributed by atoms with Crippen molar-refractivity contribution < 1.29 is 23.5 Å². The molecule has 3 aliphatic carbocycles. The first kappa shape index (κ1) is 22.6. The van der Waals surface area contributed by atoms with Gasteiger partial charge in [-0.15, -0.1) is 0 Å². The molecule has 0 heterocycles. The van der Waals surface area contributed by atoms with E-state index in [0.717, 1.165) is 30.0 Å². The van der Waals surface area contributed by atoms with Crippen molar-refractivity contribution >= 4 is 23.4 Å². The Hall–Kier alpha value is -2.64. The smallest absolute Gasteiger partial charge is 0.258 e. The molecule has 170 valence electrons. The topological polar surface area (TPSA) is 76.7 Å². The van der Waals surface area contributed by atoms with Gasteiger partial charge in [-0.25, -0.2) is 4.39 Å². The monoisotopic (exact) mass is 460 g/mol. The fourth-order valence-electron chi connectivity index (χ4n) is 4.66. The first-order chi connectivity index (χ1) is 15.3. The average Bonchev–Trinajstić information content (AvgIpc) is 3.22. The van der Waals surface area contributed by atoms with Gasteiger partial charge < -0.3 is 20.1 Å². The minimum atomic E-state index is -0.595. The van der Waals surface area contributed by atoms with E-state index in [1.165, 1.54) is 12.1 Å². The van der Waals surface area contributed by atoms with E-state index in [1.54, 1.807) is 0 Å². The second-order valence-electron chi connectivity index (χ2n) is 8.72. The van der Waals surface area contributed by atoms with Crippen LogP contribution in [0.5, 0.6) is 5.75 Å². The van der Waals surface area contributed by atoms with Gasteiger partial charge in [0.1, 0.15) is 18.2 Å². The molecule has 0 saturated heterocycles. The highest BCUT2D eigenvalue weighted by Gasteiger charge is 2.57. The van der Waals surface area contributed by atoms with Crippen LogP contribution >= 0.6 is 11.6 Å². The molecule has 3 saturated carbocycles. The number of amides is 2. The summed E-state index contributed by atoms with van der Waals surface area (Å²) < 4.78 is 24.4. The number of carbonyl (C=O) groups excluding carboxylic acids is 2. The van der Waals surface area contributed by atoms with Crippen LogP contribution in [0.4, 0.5) is 4.39 Å². The van der Waals surface area contributed by atoms with Crippen LogP contribution in [0.3, 0.4) is 0 Å². The van der Waals surface area contributed by atoms with Gasteiger partial charge in [0.05, 0.1) is 11.6 Å². The SMILES string of the molecule is Cc1cccc(COCC(=O)NC2CC3(NC(=O)COc4ccc(Cl)c(F)c4)CC2C3)c1. The average molecular weight is 461 g/mol. The van der Waals surface area contributed by atoms with Crippen LogP contribution in [0.1, 0.15) is 30.4 Å². The van der Waals surface area contributed by atoms with Gasteiger partial charge in [-0.2, -0.15) is 0 Å². The number of rotatable bonds is 9. The normalized spacial score (nSPS) is 23.3. The Morgan fingerprint density at radius 3 is 2.69 bits per heavy atom. The van der Waals surface area contributed by atoms with Crippen LogP contribution in [-0.2, 0) is 20.9 Å². The molecule has 0 radical (unpaired) electrons. The zero-order valence-corrected chi connectivity index (χ0v) is 18.6. The highest BCUT2D eigenvalue weighted by atomic mass is 35.5. The molecule has 3 aliphatic rings. The molecule has 2 bridgehead atoms. The van der Waals surface area contributed by atoms with Crippen LogP contribution in [0.25, 0.3) is 0 Å². The molecular weight excluding hydrogens is 435 g/mol. The maximum Gasteiger partial charge on any atom is 0.258 e. The van der Waals surface area contributed by atoms with Crippen molar-refractivity contribution in [1.29, 1.82) is 0 Å². The van der Waals surface area contributed by atoms with Crippen LogP contribution in [0.2, 0.25) is 5.02 Å². The fraction of sp³-hybridized carbons (Fsp3) is 0.417. The maximum absolute atomic E-state index is 13.5. The second kappa shape index (κ2) is 9.46.